The Labute approximate surface area is 144 Å². The van der Waals surface area contributed by atoms with Gasteiger partial charge in [-0.1, -0.05) is 6.07 Å². The standard InChI is InChI=1S/C18H17NO6/c1-24-15-7-3-11(9-16(15)25-2)4-8-17(21)19-13-10-12(18(22)23)5-6-14(13)20/h3-10,20H,1-2H3,(H,19,21)(H,22,23)/b8-4+. The van der Waals surface area contributed by atoms with Gasteiger partial charge in [-0.25, -0.2) is 4.79 Å². The predicted octanol–water partition coefficient (Wildman–Crippen LogP) is 2.76. The van der Waals surface area contributed by atoms with E-state index in [0.29, 0.717) is 17.1 Å². The summed E-state index contributed by atoms with van der Waals surface area (Å²) in [6, 6.07) is 8.78. The summed E-state index contributed by atoms with van der Waals surface area (Å²) in [6.45, 7) is 0. The molecular weight excluding hydrogens is 326 g/mol. The second-order valence-corrected chi connectivity index (χ2v) is 4.97. The van der Waals surface area contributed by atoms with E-state index >= 15 is 0 Å². The van der Waals surface area contributed by atoms with E-state index in [2.05, 4.69) is 5.32 Å². The number of phenols is 1. The Hall–Kier alpha value is -3.48. The molecule has 0 heterocycles. The number of carboxylic acid groups (broad SMARTS) is 1. The molecule has 7 nitrogen and oxygen atoms in total. The van der Waals surface area contributed by atoms with E-state index in [1.807, 2.05) is 0 Å². The van der Waals surface area contributed by atoms with Crippen LogP contribution in [0.4, 0.5) is 5.69 Å². The zero-order chi connectivity index (χ0) is 18.4. The third-order valence-electron chi connectivity index (χ3n) is 3.34. The molecule has 0 aliphatic rings. The lowest BCUT2D eigenvalue weighted by molar-refractivity contribution is -0.111. The molecule has 0 fully saturated rings. The Balaban J connectivity index is 2.14. The van der Waals surface area contributed by atoms with Crippen LogP contribution >= 0.6 is 0 Å². The Morgan fingerprint density at radius 3 is 2.40 bits per heavy atom. The highest BCUT2D eigenvalue weighted by Gasteiger charge is 2.09. The third kappa shape index (κ3) is 4.51. The van der Waals surface area contributed by atoms with Gasteiger partial charge in [0.05, 0.1) is 25.5 Å². The average molecular weight is 343 g/mol. The Morgan fingerprint density at radius 2 is 1.76 bits per heavy atom. The molecule has 2 rings (SSSR count). The van der Waals surface area contributed by atoms with Gasteiger partial charge in [-0.3, -0.25) is 4.79 Å². The van der Waals surface area contributed by atoms with E-state index in [1.54, 1.807) is 24.3 Å². The first kappa shape index (κ1) is 17.9. The lowest BCUT2D eigenvalue weighted by atomic mass is 10.1. The van der Waals surface area contributed by atoms with Gasteiger partial charge in [0.2, 0.25) is 5.91 Å². The molecule has 0 atom stereocenters. The molecule has 0 radical (unpaired) electrons. The first-order valence-corrected chi connectivity index (χ1v) is 7.22. The molecule has 0 bridgehead atoms. The van der Waals surface area contributed by atoms with Gasteiger partial charge in [0.25, 0.3) is 0 Å². The molecule has 3 N–H and O–H groups in total. The van der Waals surface area contributed by atoms with Gasteiger partial charge in [0.1, 0.15) is 5.75 Å². The van der Waals surface area contributed by atoms with Gasteiger partial charge >= 0.3 is 5.97 Å². The Bertz CT molecular complexity index is 828. The van der Waals surface area contributed by atoms with Gasteiger partial charge in [0, 0.05) is 6.08 Å². The van der Waals surface area contributed by atoms with Crippen molar-refractivity contribution in [2.75, 3.05) is 19.5 Å². The van der Waals surface area contributed by atoms with Crippen molar-refractivity contribution in [1.29, 1.82) is 0 Å². The van der Waals surface area contributed by atoms with Gasteiger partial charge < -0.3 is 25.0 Å². The second kappa shape index (κ2) is 7.87. The molecular formula is C18H17NO6. The molecule has 2 aromatic carbocycles. The number of hydrogen-bond donors (Lipinski definition) is 3. The van der Waals surface area contributed by atoms with Crippen molar-refractivity contribution >= 4 is 23.6 Å². The summed E-state index contributed by atoms with van der Waals surface area (Å²) in [5, 5.41) is 21.1. The highest BCUT2D eigenvalue weighted by Crippen LogP contribution is 2.28. The summed E-state index contributed by atoms with van der Waals surface area (Å²) in [4.78, 5) is 22.9. The maximum Gasteiger partial charge on any atom is 0.335 e. The van der Waals surface area contributed by atoms with Crippen molar-refractivity contribution in [1.82, 2.24) is 0 Å². The number of methoxy groups -OCH3 is 2. The summed E-state index contributed by atoms with van der Waals surface area (Å²) in [5.41, 5.74) is 0.676. The number of amides is 1. The van der Waals surface area contributed by atoms with Crippen LogP contribution in [0, 0.1) is 0 Å². The number of ether oxygens (including phenoxy) is 2. The number of anilines is 1. The van der Waals surface area contributed by atoms with Crippen molar-refractivity contribution in [3.05, 3.63) is 53.6 Å². The molecule has 0 saturated carbocycles. The third-order valence-corrected chi connectivity index (χ3v) is 3.34. The van der Waals surface area contributed by atoms with E-state index in [-0.39, 0.29) is 17.0 Å². The van der Waals surface area contributed by atoms with E-state index in [0.717, 1.165) is 0 Å². The zero-order valence-corrected chi connectivity index (χ0v) is 13.6. The molecule has 0 spiro atoms. The van der Waals surface area contributed by atoms with Crippen LogP contribution in [-0.4, -0.2) is 36.3 Å². The zero-order valence-electron chi connectivity index (χ0n) is 13.6. The van der Waals surface area contributed by atoms with Crippen molar-refractivity contribution in [3.63, 3.8) is 0 Å². The van der Waals surface area contributed by atoms with Crippen molar-refractivity contribution < 1.29 is 29.3 Å². The minimum absolute atomic E-state index is 0.0156. The van der Waals surface area contributed by atoms with E-state index in [4.69, 9.17) is 14.6 Å². The van der Waals surface area contributed by atoms with Crippen LogP contribution in [0.25, 0.3) is 6.08 Å². The minimum atomic E-state index is -1.16. The molecule has 0 saturated heterocycles. The van der Waals surface area contributed by atoms with Crippen LogP contribution in [0.1, 0.15) is 15.9 Å². The molecule has 0 aliphatic heterocycles. The average Bonchev–Trinajstić information content (AvgIpc) is 2.61. The van der Waals surface area contributed by atoms with Gasteiger partial charge in [0.15, 0.2) is 11.5 Å². The quantitative estimate of drug-likeness (QED) is 0.550. The molecule has 0 aromatic heterocycles. The lowest BCUT2D eigenvalue weighted by Crippen LogP contribution is -2.09. The van der Waals surface area contributed by atoms with E-state index < -0.39 is 11.9 Å². The first-order chi connectivity index (χ1) is 11.9. The predicted molar refractivity (Wildman–Crippen MR) is 92.3 cm³/mol. The molecule has 1 amide bonds. The maximum absolute atomic E-state index is 12.0. The van der Waals surface area contributed by atoms with Crippen LogP contribution in [0.3, 0.4) is 0 Å². The van der Waals surface area contributed by atoms with E-state index in [9.17, 15) is 14.7 Å². The Morgan fingerprint density at radius 1 is 1.04 bits per heavy atom. The molecule has 0 unspecified atom stereocenters. The summed E-state index contributed by atoms with van der Waals surface area (Å²) in [7, 11) is 3.04. The number of benzene rings is 2. The molecule has 0 aliphatic carbocycles. The number of rotatable bonds is 6. The number of phenolic OH excluding ortho intramolecular Hbond substituents is 1. The van der Waals surface area contributed by atoms with Crippen LogP contribution in [0.15, 0.2) is 42.5 Å². The molecule has 25 heavy (non-hydrogen) atoms. The van der Waals surface area contributed by atoms with Gasteiger partial charge in [-0.15, -0.1) is 0 Å². The van der Waals surface area contributed by atoms with Crippen molar-refractivity contribution in [3.8, 4) is 17.2 Å². The van der Waals surface area contributed by atoms with Crippen molar-refractivity contribution in [2.45, 2.75) is 0 Å². The highest BCUT2D eigenvalue weighted by molar-refractivity contribution is 6.03. The van der Waals surface area contributed by atoms with Crippen LogP contribution in [0.5, 0.6) is 17.2 Å². The smallest absolute Gasteiger partial charge is 0.335 e. The fourth-order valence-corrected chi connectivity index (χ4v) is 2.07. The number of aromatic carboxylic acids is 1. The van der Waals surface area contributed by atoms with Gasteiger partial charge in [-0.2, -0.15) is 0 Å². The SMILES string of the molecule is COc1ccc(/C=C/C(=O)Nc2cc(C(=O)O)ccc2O)cc1OC. The number of hydrogen-bond acceptors (Lipinski definition) is 5. The highest BCUT2D eigenvalue weighted by atomic mass is 16.5. The molecule has 130 valence electrons. The fourth-order valence-electron chi connectivity index (χ4n) is 2.07. The summed E-state index contributed by atoms with van der Waals surface area (Å²) in [5.74, 6) is -0.807. The van der Waals surface area contributed by atoms with Crippen LogP contribution in [-0.2, 0) is 4.79 Å². The number of nitrogens with one attached hydrogen (secondary N) is 1. The normalized spacial score (nSPS) is 10.5. The second-order valence-electron chi connectivity index (χ2n) is 4.97. The molecule has 7 heteroatoms. The minimum Gasteiger partial charge on any atom is -0.506 e. The van der Waals surface area contributed by atoms with E-state index in [1.165, 1.54) is 38.5 Å². The Kier molecular flexibility index (Phi) is 5.62. The van der Waals surface area contributed by atoms with Crippen LogP contribution < -0.4 is 14.8 Å². The largest absolute Gasteiger partial charge is 0.506 e. The van der Waals surface area contributed by atoms with Gasteiger partial charge in [-0.05, 0) is 42.0 Å². The maximum atomic E-state index is 12.0. The van der Waals surface area contributed by atoms with Crippen molar-refractivity contribution in [2.24, 2.45) is 0 Å². The summed E-state index contributed by atoms with van der Waals surface area (Å²) >= 11 is 0. The monoisotopic (exact) mass is 343 g/mol. The molecule has 2 aromatic rings. The fraction of sp³-hybridized carbons (Fsp3) is 0.111. The van der Waals surface area contributed by atoms with Crippen LogP contribution in [0.2, 0.25) is 0 Å². The summed E-state index contributed by atoms with van der Waals surface area (Å²) < 4.78 is 10.3. The number of aromatic hydroxyl groups is 1. The number of carbonyl (C=O) groups excluding carboxylic acids is 1. The lowest BCUT2D eigenvalue weighted by Gasteiger charge is -2.08. The summed E-state index contributed by atoms with van der Waals surface area (Å²) in [6.07, 6.45) is 2.81. The number of carboxylic acids is 1. The first-order valence-electron chi connectivity index (χ1n) is 7.22. The topological polar surface area (TPSA) is 105 Å². The number of carbonyl (C=O) groups is 2.